The van der Waals surface area contributed by atoms with Crippen molar-refractivity contribution in [1.82, 2.24) is 4.98 Å². The molecule has 1 aromatic rings. The Kier molecular flexibility index (Phi) is 2.80. The fraction of sp³-hybridized carbons (Fsp3) is 0.300. The summed E-state index contributed by atoms with van der Waals surface area (Å²) in [5, 5.41) is 1.40. The van der Waals surface area contributed by atoms with Crippen LogP contribution in [0.4, 0.5) is 5.69 Å². The molecular formula is C10H9ClN2OS. The van der Waals surface area contributed by atoms with Gasteiger partial charge in [0.2, 0.25) is 0 Å². The number of hydrogen-bond acceptors (Lipinski definition) is 4. The SMILES string of the molecule is CC(=O)c1cc2c(nc1C)SCC(Cl)=N2. The zero-order valence-electron chi connectivity index (χ0n) is 8.37. The lowest BCUT2D eigenvalue weighted by Crippen LogP contribution is -2.04. The Hall–Kier alpha value is -0.870. The van der Waals surface area contributed by atoms with Crippen LogP contribution < -0.4 is 0 Å². The Morgan fingerprint density at radius 3 is 3.00 bits per heavy atom. The summed E-state index contributed by atoms with van der Waals surface area (Å²) < 4.78 is 0. The molecule has 0 N–H and O–H groups in total. The number of carbonyl (C=O) groups excluding carboxylic acids is 1. The highest BCUT2D eigenvalue weighted by Crippen LogP contribution is 2.34. The van der Waals surface area contributed by atoms with Crippen molar-refractivity contribution in [2.24, 2.45) is 4.99 Å². The van der Waals surface area contributed by atoms with E-state index in [1.165, 1.54) is 6.92 Å². The normalized spacial score (nSPS) is 14.5. The molecule has 0 aliphatic carbocycles. The number of rotatable bonds is 1. The average Bonchev–Trinajstić information content (AvgIpc) is 2.17. The number of carbonyl (C=O) groups is 1. The second-order valence-electron chi connectivity index (χ2n) is 3.28. The van der Waals surface area contributed by atoms with Crippen LogP contribution in [0.5, 0.6) is 0 Å². The van der Waals surface area contributed by atoms with Crippen molar-refractivity contribution in [2.75, 3.05) is 5.75 Å². The van der Waals surface area contributed by atoms with E-state index in [1.54, 1.807) is 17.8 Å². The second kappa shape index (κ2) is 3.94. The molecule has 15 heavy (non-hydrogen) atoms. The van der Waals surface area contributed by atoms with Crippen LogP contribution in [0.3, 0.4) is 0 Å². The molecule has 78 valence electrons. The van der Waals surface area contributed by atoms with Gasteiger partial charge in [-0.2, -0.15) is 0 Å². The first kappa shape index (κ1) is 10.6. The molecule has 0 bridgehead atoms. The van der Waals surface area contributed by atoms with Crippen LogP contribution in [0, 0.1) is 6.92 Å². The van der Waals surface area contributed by atoms with E-state index in [-0.39, 0.29) is 5.78 Å². The van der Waals surface area contributed by atoms with E-state index in [0.29, 0.717) is 22.2 Å². The first-order chi connectivity index (χ1) is 7.08. The van der Waals surface area contributed by atoms with Crippen LogP contribution in [0.15, 0.2) is 16.1 Å². The summed E-state index contributed by atoms with van der Waals surface area (Å²) in [6, 6.07) is 1.76. The van der Waals surface area contributed by atoms with Crippen molar-refractivity contribution in [3.8, 4) is 0 Å². The molecule has 5 heteroatoms. The minimum absolute atomic E-state index is 0.00435. The molecule has 0 atom stereocenters. The Labute approximate surface area is 97.0 Å². The highest BCUT2D eigenvalue weighted by atomic mass is 35.5. The lowest BCUT2D eigenvalue weighted by atomic mass is 10.1. The van der Waals surface area contributed by atoms with Crippen LogP contribution in [0.1, 0.15) is 23.0 Å². The number of aliphatic imine (C=N–C) groups is 1. The van der Waals surface area contributed by atoms with Crippen LogP contribution in [0.25, 0.3) is 0 Å². The van der Waals surface area contributed by atoms with Crippen LogP contribution in [-0.4, -0.2) is 21.7 Å². The standard InChI is InChI=1S/C10H9ClN2OS/c1-5-7(6(2)14)3-8-10(12-5)15-4-9(11)13-8/h3H,4H2,1-2H3. The molecule has 0 radical (unpaired) electrons. The highest BCUT2D eigenvalue weighted by Gasteiger charge is 2.16. The Morgan fingerprint density at radius 2 is 2.33 bits per heavy atom. The molecular weight excluding hydrogens is 232 g/mol. The maximum Gasteiger partial charge on any atom is 0.161 e. The maximum atomic E-state index is 11.3. The van der Waals surface area contributed by atoms with Gasteiger partial charge in [-0.1, -0.05) is 23.4 Å². The number of hydrogen-bond donors (Lipinski definition) is 0. The van der Waals surface area contributed by atoms with Crippen molar-refractivity contribution in [2.45, 2.75) is 18.9 Å². The number of thioether (sulfide) groups is 1. The van der Waals surface area contributed by atoms with Gasteiger partial charge in [0, 0.05) is 11.3 Å². The molecule has 0 saturated heterocycles. The highest BCUT2D eigenvalue weighted by molar-refractivity contribution is 8.00. The molecule has 0 fully saturated rings. The molecule has 2 heterocycles. The van der Waals surface area contributed by atoms with E-state index in [2.05, 4.69) is 9.98 Å². The first-order valence-corrected chi connectivity index (χ1v) is 5.82. The molecule has 2 rings (SSSR count). The van der Waals surface area contributed by atoms with E-state index in [9.17, 15) is 4.79 Å². The fourth-order valence-electron chi connectivity index (χ4n) is 1.41. The van der Waals surface area contributed by atoms with Gasteiger partial charge in [-0.15, -0.1) is 0 Å². The molecule has 3 nitrogen and oxygen atoms in total. The number of halogens is 1. The summed E-state index contributed by atoms with van der Waals surface area (Å²) in [7, 11) is 0. The minimum atomic E-state index is 0.00435. The Morgan fingerprint density at radius 1 is 1.60 bits per heavy atom. The van der Waals surface area contributed by atoms with Crippen LogP contribution >= 0.6 is 23.4 Å². The number of aromatic nitrogens is 1. The van der Waals surface area contributed by atoms with Crippen molar-refractivity contribution in [1.29, 1.82) is 0 Å². The third-order valence-electron chi connectivity index (χ3n) is 2.11. The number of aryl methyl sites for hydroxylation is 1. The van der Waals surface area contributed by atoms with Gasteiger partial charge in [0.25, 0.3) is 0 Å². The van der Waals surface area contributed by atoms with Crippen molar-refractivity contribution < 1.29 is 4.79 Å². The van der Waals surface area contributed by atoms with Crippen molar-refractivity contribution in [3.63, 3.8) is 0 Å². The van der Waals surface area contributed by atoms with Crippen LogP contribution in [0.2, 0.25) is 0 Å². The predicted octanol–water partition coefficient (Wildman–Crippen LogP) is 2.97. The first-order valence-electron chi connectivity index (χ1n) is 4.46. The van der Waals surface area contributed by atoms with Gasteiger partial charge in [0.05, 0.1) is 11.4 Å². The quantitative estimate of drug-likeness (QED) is 0.709. The van der Waals surface area contributed by atoms with Gasteiger partial charge in [0.15, 0.2) is 5.78 Å². The fourth-order valence-corrected chi connectivity index (χ4v) is 2.44. The second-order valence-corrected chi connectivity index (χ2v) is 4.68. The van der Waals surface area contributed by atoms with E-state index >= 15 is 0 Å². The Bertz CT molecular complexity index is 471. The lowest BCUT2D eigenvalue weighted by molar-refractivity contribution is 0.101. The van der Waals surface area contributed by atoms with Crippen molar-refractivity contribution in [3.05, 3.63) is 17.3 Å². The number of ketones is 1. The number of Topliss-reactive ketones (excluding diaryl/α,β-unsaturated/α-hetero) is 1. The van der Waals surface area contributed by atoms with Gasteiger partial charge >= 0.3 is 0 Å². The molecule has 0 spiro atoms. The van der Waals surface area contributed by atoms with Gasteiger partial charge < -0.3 is 0 Å². The average molecular weight is 241 g/mol. The molecule has 1 aromatic heterocycles. The predicted molar refractivity (Wildman–Crippen MR) is 62.7 cm³/mol. The summed E-state index contributed by atoms with van der Waals surface area (Å²) in [5.74, 6) is 0.658. The third-order valence-corrected chi connectivity index (χ3v) is 3.48. The van der Waals surface area contributed by atoms with Crippen molar-refractivity contribution >= 4 is 40.0 Å². The minimum Gasteiger partial charge on any atom is -0.294 e. The summed E-state index contributed by atoms with van der Waals surface area (Å²) in [6.07, 6.45) is 0. The third kappa shape index (κ3) is 2.06. The lowest BCUT2D eigenvalue weighted by Gasteiger charge is -2.12. The molecule has 0 aromatic carbocycles. The van der Waals surface area contributed by atoms with E-state index < -0.39 is 0 Å². The summed E-state index contributed by atoms with van der Waals surface area (Å²) in [4.78, 5) is 19.8. The molecule has 1 aliphatic heterocycles. The van der Waals surface area contributed by atoms with E-state index in [1.807, 2.05) is 6.92 Å². The molecule has 1 aliphatic rings. The smallest absolute Gasteiger partial charge is 0.161 e. The summed E-state index contributed by atoms with van der Waals surface area (Å²) in [5.41, 5.74) is 2.07. The summed E-state index contributed by atoms with van der Waals surface area (Å²) in [6.45, 7) is 3.36. The van der Waals surface area contributed by atoms with Gasteiger partial charge in [-0.3, -0.25) is 4.79 Å². The topological polar surface area (TPSA) is 42.3 Å². The van der Waals surface area contributed by atoms with Gasteiger partial charge in [0.1, 0.15) is 10.2 Å². The van der Waals surface area contributed by atoms with E-state index in [4.69, 9.17) is 11.6 Å². The zero-order chi connectivity index (χ0) is 11.0. The largest absolute Gasteiger partial charge is 0.294 e. The number of pyridine rings is 1. The monoisotopic (exact) mass is 240 g/mol. The zero-order valence-corrected chi connectivity index (χ0v) is 9.95. The molecule has 0 amide bonds. The van der Waals surface area contributed by atoms with Gasteiger partial charge in [-0.05, 0) is 19.9 Å². The molecule has 0 unspecified atom stereocenters. The molecule has 0 saturated carbocycles. The van der Waals surface area contributed by atoms with E-state index in [0.717, 1.165) is 10.7 Å². The Balaban J connectivity index is 2.58. The van der Waals surface area contributed by atoms with Crippen LogP contribution in [-0.2, 0) is 0 Å². The summed E-state index contributed by atoms with van der Waals surface area (Å²) >= 11 is 7.38. The maximum absolute atomic E-state index is 11.3. The van der Waals surface area contributed by atoms with Gasteiger partial charge in [-0.25, -0.2) is 9.98 Å². The number of nitrogens with zero attached hydrogens (tertiary/aromatic N) is 2. The number of fused-ring (bicyclic) bond motifs is 1.